The van der Waals surface area contributed by atoms with Gasteiger partial charge in [0.25, 0.3) is 0 Å². The van der Waals surface area contributed by atoms with Crippen LogP contribution in [0.5, 0.6) is 0 Å². The van der Waals surface area contributed by atoms with Gasteiger partial charge in [-0.05, 0) is 19.0 Å². The van der Waals surface area contributed by atoms with Crippen LogP contribution in [0.3, 0.4) is 0 Å². The molecule has 0 saturated carbocycles. The fourth-order valence-electron chi connectivity index (χ4n) is 2.82. The summed E-state index contributed by atoms with van der Waals surface area (Å²) in [5.74, 6) is -0.0538. The van der Waals surface area contributed by atoms with E-state index in [-0.39, 0.29) is 18.5 Å². The molecule has 0 aromatic heterocycles. The Balaban J connectivity index is 1.77. The van der Waals surface area contributed by atoms with Crippen LogP contribution >= 0.6 is 0 Å². The predicted octanol–water partition coefficient (Wildman–Crippen LogP) is 1.38. The number of carbonyl (C=O) groups excluding carboxylic acids is 2. The molecule has 6 heteroatoms. The van der Waals surface area contributed by atoms with Gasteiger partial charge in [-0.15, -0.1) is 0 Å². The van der Waals surface area contributed by atoms with Crippen LogP contribution in [-0.4, -0.2) is 72.5 Å². The van der Waals surface area contributed by atoms with E-state index in [4.69, 9.17) is 0 Å². The number of nitrogens with one attached hydrogen (secondary N) is 1. The zero-order valence-corrected chi connectivity index (χ0v) is 14.7. The summed E-state index contributed by atoms with van der Waals surface area (Å²) in [4.78, 5) is 30.4. The molecule has 6 nitrogen and oxygen atoms in total. The average Bonchev–Trinajstić information content (AvgIpc) is 2.64. The Bertz CT molecular complexity index is 527. The maximum absolute atomic E-state index is 12.3. The topological polar surface area (TPSA) is 55.9 Å². The lowest BCUT2D eigenvalue weighted by Gasteiger charge is -2.34. The Kier molecular flexibility index (Phi) is 7.06. The van der Waals surface area contributed by atoms with E-state index in [2.05, 4.69) is 17.1 Å². The minimum atomic E-state index is -0.144. The summed E-state index contributed by atoms with van der Waals surface area (Å²) in [6, 6.07) is 9.75. The molecule has 1 aromatic carbocycles. The van der Waals surface area contributed by atoms with E-state index < -0.39 is 0 Å². The molecule has 1 aromatic rings. The smallest absolute Gasteiger partial charge is 0.317 e. The number of hydrogen-bond donors (Lipinski definition) is 1. The molecule has 1 heterocycles. The summed E-state index contributed by atoms with van der Waals surface area (Å²) in [5.41, 5.74) is 1.09. The number of hydrogen-bond acceptors (Lipinski definition) is 3. The van der Waals surface area contributed by atoms with Gasteiger partial charge in [0.05, 0.1) is 6.54 Å². The van der Waals surface area contributed by atoms with Gasteiger partial charge in [-0.1, -0.05) is 37.3 Å². The van der Waals surface area contributed by atoms with Crippen LogP contribution in [0.25, 0.3) is 0 Å². The normalized spacial score (nSPS) is 15.2. The summed E-state index contributed by atoms with van der Waals surface area (Å²) in [6.07, 6.45) is 0. The largest absolute Gasteiger partial charge is 0.337 e. The van der Waals surface area contributed by atoms with Crippen LogP contribution in [0.15, 0.2) is 30.3 Å². The van der Waals surface area contributed by atoms with E-state index in [0.717, 1.165) is 38.3 Å². The van der Waals surface area contributed by atoms with Gasteiger partial charge in [0.15, 0.2) is 0 Å². The highest BCUT2D eigenvalue weighted by Crippen LogP contribution is 2.05. The third kappa shape index (κ3) is 5.23. The summed E-state index contributed by atoms with van der Waals surface area (Å²) in [7, 11) is 0. The molecule has 24 heavy (non-hydrogen) atoms. The third-order valence-corrected chi connectivity index (χ3v) is 4.45. The highest BCUT2D eigenvalue weighted by Gasteiger charge is 2.21. The Morgan fingerprint density at radius 2 is 1.75 bits per heavy atom. The average molecular weight is 332 g/mol. The van der Waals surface area contributed by atoms with Crippen LogP contribution in [0.4, 0.5) is 4.79 Å². The molecule has 1 N–H and O–H groups in total. The number of nitrogens with zero attached hydrogens (tertiary/aromatic N) is 3. The van der Waals surface area contributed by atoms with Gasteiger partial charge in [-0.2, -0.15) is 0 Å². The Morgan fingerprint density at radius 1 is 1.08 bits per heavy atom. The second-order valence-corrected chi connectivity index (χ2v) is 5.97. The summed E-state index contributed by atoms with van der Waals surface area (Å²) < 4.78 is 0. The summed E-state index contributed by atoms with van der Waals surface area (Å²) >= 11 is 0. The van der Waals surface area contributed by atoms with Crippen LogP contribution < -0.4 is 5.32 Å². The fourth-order valence-corrected chi connectivity index (χ4v) is 2.82. The molecule has 0 unspecified atom stereocenters. The van der Waals surface area contributed by atoms with Gasteiger partial charge in [0.1, 0.15) is 0 Å². The van der Waals surface area contributed by atoms with Crippen molar-refractivity contribution in [2.75, 3.05) is 45.8 Å². The molecular weight excluding hydrogens is 304 g/mol. The Hall–Kier alpha value is -2.08. The lowest BCUT2D eigenvalue weighted by molar-refractivity contribution is -0.130. The number of carbonyl (C=O) groups is 2. The number of urea groups is 1. The fraction of sp³-hybridized carbons (Fsp3) is 0.556. The lowest BCUT2D eigenvalue weighted by atomic mass is 10.2. The van der Waals surface area contributed by atoms with Crippen LogP contribution in [0.2, 0.25) is 0 Å². The number of benzene rings is 1. The third-order valence-electron chi connectivity index (χ3n) is 4.45. The number of rotatable bonds is 6. The maximum Gasteiger partial charge on any atom is 0.317 e. The Morgan fingerprint density at radius 3 is 2.33 bits per heavy atom. The molecule has 0 aliphatic carbocycles. The minimum Gasteiger partial charge on any atom is -0.337 e. The van der Waals surface area contributed by atoms with Crippen molar-refractivity contribution in [2.45, 2.75) is 20.4 Å². The van der Waals surface area contributed by atoms with Gasteiger partial charge in [0.2, 0.25) is 5.91 Å². The minimum absolute atomic E-state index is 0.0491. The molecule has 132 valence electrons. The first-order valence-electron chi connectivity index (χ1n) is 8.70. The first-order valence-corrected chi connectivity index (χ1v) is 8.70. The zero-order chi connectivity index (χ0) is 17.4. The number of amides is 3. The van der Waals surface area contributed by atoms with Gasteiger partial charge in [-0.3, -0.25) is 4.79 Å². The predicted molar refractivity (Wildman–Crippen MR) is 94.6 cm³/mol. The van der Waals surface area contributed by atoms with E-state index in [1.807, 2.05) is 37.3 Å². The second kappa shape index (κ2) is 9.27. The van der Waals surface area contributed by atoms with Crippen LogP contribution in [0.1, 0.15) is 19.4 Å². The molecule has 0 radical (unpaired) electrons. The van der Waals surface area contributed by atoms with E-state index in [1.54, 1.807) is 9.80 Å². The van der Waals surface area contributed by atoms with Crippen molar-refractivity contribution >= 4 is 11.9 Å². The number of likely N-dealkylation sites (N-methyl/N-ethyl adjacent to an activating group) is 2. The molecule has 1 aliphatic heterocycles. The molecule has 0 bridgehead atoms. The van der Waals surface area contributed by atoms with Crippen molar-refractivity contribution < 1.29 is 9.59 Å². The van der Waals surface area contributed by atoms with Gasteiger partial charge in [-0.25, -0.2) is 4.79 Å². The monoisotopic (exact) mass is 332 g/mol. The molecular formula is C18H28N4O2. The zero-order valence-electron chi connectivity index (χ0n) is 14.7. The van der Waals surface area contributed by atoms with Crippen molar-refractivity contribution in [1.82, 2.24) is 20.0 Å². The summed E-state index contributed by atoms with van der Waals surface area (Å²) in [6.45, 7) is 9.56. The van der Waals surface area contributed by atoms with Gasteiger partial charge >= 0.3 is 6.03 Å². The quantitative estimate of drug-likeness (QED) is 0.856. The molecule has 0 spiro atoms. The maximum atomic E-state index is 12.3. The first-order chi connectivity index (χ1) is 11.6. The summed E-state index contributed by atoms with van der Waals surface area (Å²) in [5, 5.41) is 2.76. The van der Waals surface area contributed by atoms with Gasteiger partial charge in [0, 0.05) is 39.3 Å². The molecule has 0 atom stereocenters. The molecule has 2 rings (SSSR count). The Labute approximate surface area is 144 Å². The van der Waals surface area contributed by atoms with Crippen molar-refractivity contribution in [2.24, 2.45) is 0 Å². The molecule has 3 amide bonds. The van der Waals surface area contributed by atoms with E-state index in [9.17, 15) is 9.59 Å². The van der Waals surface area contributed by atoms with E-state index >= 15 is 0 Å². The van der Waals surface area contributed by atoms with Crippen LogP contribution in [-0.2, 0) is 11.3 Å². The van der Waals surface area contributed by atoms with Crippen molar-refractivity contribution in [3.8, 4) is 0 Å². The first kappa shape index (κ1) is 18.3. The molecule has 1 saturated heterocycles. The van der Waals surface area contributed by atoms with Crippen molar-refractivity contribution in [1.29, 1.82) is 0 Å². The van der Waals surface area contributed by atoms with E-state index in [1.165, 1.54) is 0 Å². The van der Waals surface area contributed by atoms with Crippen molar-refractivity contribution in [3.05, 3.63) is 35.9 Å². The molecule has 1 fully saturated rings. The highest BCUT2D eigenvalue weighted by atomic mass is 16.2. The second-order valence-electron chi connectivity index (χ2n) is 5.97. The standard InChI is InChI=1S/C18H28N4O2/c1-3-20-10-12-22(13-11-20)18(24)19-14-17(23)21(4-2)15-16-8-6-5-7-9-16/h5-9H,3-4,10-15H2,1-2H3,(H,19,24). The highest BCUT2D eigenvalue weighted by molar-refractivity contribution is 5.84. The van der Waals surface area contributed by atoms with Crippen LogP contribution in [0, 0.1) is 0 Å². The number of piperazine rings is 1. The lowest BCUT2D eigenvalue weighted by Crippen LogP contribution is -2.53. The SMILES string of the molecule is CCN1CCN(C(=O)NCC(=O)N(CC)Cc2ccccc2)CC1. The van der Waals surface area contributed by atoms with E-state index in [0.29, 0.717) is 13.1 Å². The van der Waals surface area contributed by atoms with Crippen molar-refractivity contribution in [3.63, 3.8) is 0 Å². The van der Waals surface area contributed by atoms with Gasteiger partial charge < -0.3 is 20.0 Å². The molecule has 1 aliphatic rings.